The highest BCUT2D eigenvalue weighted by molar-refractivity contribution is 5.92. The van der Waals surface area contributed by atoms with Crippen LogP contribution in [0.15, 0.2) is 37.1 Å². The second kappa shape index (κ2) is 8.12. The molecular formula is C21H27N5O2. The van der Waals surface area contributed by atoms with Crippen molar-refractivity contribution in [3.63, 3.8) is 0 Å². The van der Waals surface area contributed by atoms with Gasteiger partial charge in [0.2, 0.25) is 5.91 Å². The molecule has 1 atom stereocenters. The van der Waals surface area contributed by atoms with Crippen LogP contribution in [-0.2, 0) is 18.4 Å². The Morgan fingerprint density at radius 1 is 1.25 bits per heavy atom. The normalized spacial score (nSPS) is 19.9. The minimum Gasteiger partial charge on any atom is -0.340 e. The van der Waals surface area contributed by atoms with Gasteiger partial charge in [0, 0.05) is 57.2 Å². The number of pyridine rings is 1. The molecule has 0 spiro atoms. The SMILES string of the molecule is Cn1cnc(C(=O)N2CCCC(N(Cc3cccnc3)C(=O)C3CCC3)C2)c1. The lowest BCUT2D eigenvalue weighted by atomic mass is 9.83. The first-order valence-electron chi connectivity index (χ1n) is 10.1. The number of nitrogens with zero attached hydrogens (tertiary/aromatic N) is 5. The van der Waals surface area contributed by atoms with Gasteiger partial charge in [-0.15, -0.1) is 0 Å². The van der Waals surface area contributed by atoms with Crippen LogP contribution in [0.3, 0.4) is 0 Å². The van der Waals surface area contributed by atoms with Gasteiger partial charge in [0.25, 0.3) is 5.91 Å². The summed E-state index contributed by atoms with van der Waals surface area (Å²) in [4.78, 5) is 38.2. The van der Waals surface area contributed by atoms with E-state index < -0.39 is 0 Å². The van der Waals surface area contributed by atoms with Crippen molar-refractivity contribution in [2.75, 3.05) is 13.1 Å². The minimum absolute atomic E-state index is 0.0368. The number of aryl methyl sites for hydroxylation is 1. The summed E-state index contributed by atoms with van der Waals surface area (Å²) in [6.45, 7) is 1.83. The monoisotopic (exact) mass is 381 g/mol. The van der Waals surface area contributed by atoms with Crippen LogP contribution in [0.1, 0.15) is 48.2 Å². The van der Waals surface area contributed by atoms with Crippen LogP contribution >= 0.6 is 0 Å². The van der Waals surface area contributed by atoms with Gasteiger partial charge in [0.15, 0.2) is 0 Å². The fraction of sp³-hybridized carbons (Fsp3) is 0.524. The fourth-order valence-corrected chi connectivity index (χ4v) is 4.04. The van der Waals surface area contributed by atoms with Gasteiger partial charge in [-0.3, -0.25) is 14.6 Å². The van der Waals surface area contributed by atoms with Crippen molar-refractivity contribution in [2.45, 2.75) is 44.7 Å². The lowest BCUT2D eigenvalue weighted by Crippen LogP contribution is -2.53. The van der Waals surface area contributed by atoms with Crippen LogP contribution in [0.25, 0.3) is 0 Å². The van der Waals surface area contributed by atoms with E-state index in [4.69, 9.17) is 0 Å². The number of hydrogen-bond acceptors (Lipinski definition) is 4. The van der Waals surface area contributed by atoms with Crippen molar-refractivity contribution in [2.24, 2.45) is 13.0 Å². The van der Waals surface area contributed by atoms with Gasteiger partial charge >= 0.3 is 0 Å². The molecule has 3 heterocycles. The molecule has 4 rings (SSSR count). The standard InChI is InChI=1S/C21H27N5O2/c1-24-14-19(23-15-24)21(28)25-10-4-8-18(13-25)26(20(27)17-6-2-7-17)12-16-5-3-9-22-11-16/h3,5,9,11,14-15,17-18H,2,4,6-8,10,12-13H2,1H3. The van der Waals surface area contributed by atoms with Gasteiger partial charge in [-0.05, 0) is 37.3 Å². The largest absolute Gasteiger partial charge is 0.340 e. The summed E-state index contributed by atoms with van der Waals surface area (Å²) in [5, 5.41) is 0. The van der Waals surface area contributed by atoms with Crippen molar-refractivity contribution >= 4 is 11.8 Å². The Hall–Kier alpha value is -2.70. The highest BCUT2D eigenvalue weighted by atomic mass is 16.2. The first-order valence-corrected chi connectivity index (χ1v) is 10.1. The number of amides is 2. The van der Waals surface area contributed by atoms with Crippen LogP contribution in [0.2, 0.25) is 0 Å². The third-order valence-electron chi connectivity index (χ3n) is 5.86. The summed E-state index contributed by atoms with van der Waals surface area (Å²) in [7, 11) is 1.86. The van der Waals surface area contributed by atoms with E-state index in [1.54, 1.807) is 23.3 Å². The van der Waals surface area contributed by atoms with E-state index in [-0.39, 0.29) is 23.8 Å². The van der Waals surface area contributed by atoms with E-state index in [2.05, 4.69) is 9.97 Å². The molecule has 0 N–H and O–H groups in total. The first-order chi connectivity index (χ1) is 13.6. The van der Waals surface area contributed by atoms with Gasteiger partial charge in [-0.2, -0.15) is 0 Å². The van der Waals surface area contributed by atoms with E-state index in [1.165, 1.54) is 0 Å². The van der Waals surface area contributed by atoms with Crippen LogP contribution in [0.4, 0.5) is 0 Å². The van der Waals surface area contributed by atoms with Gasteiger partial charge in [0.1, 0.15) is 5.69 Å². The Kier molecular flexibility index (Phi) is 5.41. The molecule has 0 radical (unpaired) electrons. The molecule has 1 unspecified atom stereocenters. The molecular weight excluding hydrogens is 354 g/mol. The van der Waals surface area contributed by atoms with E-state index in [1.807, 2.05) is 35.2 Å². The predicted octanol–water partition coefficient (Wildman–Crippen LogP) is 2.25. The van der Waals surface area contributed by atoms with Gasteiger partial charge in [0.05, 0.1) is 6.33 Å². The summed E-state index contributed by atoms with van der Waals surface area (Å²) in [5.41, 5.74) is 1.50. The van der Waals surface area contributed by atoms with Crippen LogP contribution in [0, 0.1) is 5.92 Å². The lowest BCUT2D eigenvalue weighted by molar-refractivity contribution is -0.142. The van der Waals surface area contributed by atoms with Gasteiger partial charge < -0.3 is 14.4 Å². The number of rotatable bonds is 5. The molecule has 7 nitrogen and oxygen atoms in total. The second-order valence-electron chi connectivity index (χ2n) is 7.93. The molecule has 28 heavy (non-hydrogen) atoms. The molecule has 148 valence electrons. The Balaban J connectivity index is 1.51. The van der Waals surface area contributed by atoms with Gasteiger partial charge in [-0.1, -0.05) is 12.5 Å². The minimum atomic E-state index is -0.0530. The number of imidazole rings is 1. The Bertz CT molecular complexity index is 830. The molecule has 1 aliphatic carbocycles. The molecule has 2 fully saturated rings. The quantitative estimate of drug-likeness (QED) is 0.796. The van der Waals surface area contributed by atoms with E-state index in [9.17, 15) is 9.59 Å². The summed E-state index contributed by atoms with van der Waals surface area (Å²) in [6.07, 6.45) is 11.9. The van der Waals surface area contributed by atoms with Crippen molar-refractivity contribution in [1.29, 1.82) is 0 Å². The zero-order valence-corrected chi connectivity index (χ0v) is 16.3. The number of likely N-dealkylation sites (tertiary alicyclic amines) is 1. The molecule has 7 heteroatoms. The molecule has 1 saturated heterocycles. The highest BCUT2D eigenvalue weighted by Crippen LogP contribution is 2.31. The fourth-order valence-electron chi connectivity index (χ4n) is 4.04. The topological polar surface area (TPSA) is 71.3 Å². The van der Waals surface area contributed by atoms with E-state index >= 15 is 0 Å². The Morgan fingerprint density at radius 3 is 2.75 bits per heavy atom. The molecule has 1 saturated carbocycles. The van der Waals surface area contributed by atoms with Crippen LogP contribution < -0.4 is 0 Å². The summed E-state index contributed by atoms with van der Waals surface area (Å²) < 4.78 is 1.78. The maximum atomic E-state index is 13.2. The maximum absolute atomic E-state index is 13.2. The molecule has 0 aromatic carbocycles. The van der Waals surface area contributed by atoms with Crippen LogP contribution in [0.5, 0.6) is 0 Å². The van der Waals surface area contributed by atoms with Crippen molar-refractivity contribution < 1.29 is 9.59 Å². The number of hydrogen-bond donors (Lipinski definition) is 0. The maximum Gasteiger partial charge on any atom is 0.274 e. The number of piperidine rings is 1. The molecule has 1 aliphatic heterocycles. The molecule has 2 aromatic heterocycles. The van der Waals surface area contributed by atoms with Gasteiger partial charge in [-0.25, -0.2) is 4.98 Å². The summed E-state index contributed by atoms with van der Waals surface area (Å²) >= 11 is 0. The third-order valence-corrected chi connectivity index (χ3v) is 5.86. The Morgan fingerprint density at radius 2 is 2.11 bits per heavy atom. The number of aromatic nitrogens is 3. The Labute approximate surface area is 165 Å². The predicted molar refractivity (Wildman–Crippen MR) is 104 cm³/mol. The average Bonchev–Trinajstić information content (AvgIpc) is 3.11. The zero-order valence-electron chi connectivity index (χ0n) is 16.3. The van der Waals surface area contributed by atoms with E-state index in [0.29, 0.717) is 25.3 Å². The average molecular weight is 381 g/mol. The van der Waals surface area contributed by atoms with Crippen molar-refractivity contribution in [3.8, 4) is 0 Å². The summed E-state index contributed by atoms with van der Waals surface area (Å²) in [5.74, 6) is 0.313. The second-order valence-corrected chi connectivity index (χ2v) is 7.93. The van der Waals surface area contributed by atoms with Crippen LogP contribution in [-0.4, -0.2) is 55.3 Å². The van der Waals surface area contributed by atoms with E-state index in [0.717, 1.165) is 37.7 Å². The zero-order chi connectivity index (χ0) is 19.5. The molecule has 2 amide bonds. The third kappa shape index (κ3) is 3.93. The molecule has 2 aromatic rings. The van der Waals surface area contributed by atoms with Crippen molar-refractivity contribution in [1.82, 2.24) is 24.3 Å². The summed E-state index contributed by atoms with van der Waals surface area (Å²) in [6, 6.07) is 3.95. The lowest BCUT2D eigenvalue weighted by Gasteiger charge is -2.41. The molecule has 2 aliphatic rings. The highest BCUT2D eigenvalue weighted by Gasteiger charge is 2.36. The first kappa shape index (κ1) is 18.7. The smallest absolute Gasteiger partial charge is 0.274 e. The number of carbonyl (C=O) groups is 2. The number of carbonyl (C=O) groups excluding carboxylic acids is 2. The molecule has 0 bridgehead atoms. The van der Waals surface area contributed by atoms with Crippen molar-refractivity contribution in [3.05, 3.63) is 48.3 Å².